The van der Waals surface area contributed by atoms with Gasteiger partial charge in [0.05, 0.1) is 11.5 Å². The molecule has 0 saturated heterocycles. The van der Waals surface area contributed by atoms with Crippen LogP contribution < -0.4 is 4.74 Å². The van der Waals surface area contributed by atoms with E-state index in [0.29, 0.717) is 20.7 Å². The van der Waals surface area contributed by atoms with E-state index in [1.807, 2.05) is 0 Å². The number of carbonyl (C=O) groups excluding carboxylic acids is 2. The number of amides is 1. The molecule has 0 atom stereocenters. The summed E-state index contributed by atoms with van der Waals surface area (Å²) in [5.74, 6) is -0.752. The van der Waals surface area contributed by atoms with Gasteiger partial charge < -0.3 is 14.6 Å². The topological polar surface area (TPSA) is 85.2 Å². The van der Waals surface area contributed by atoms with Crippen LogP contribution in [0.25, 0.3) is 6.08 Å². The van der Waals surface area contributed by atoms with Crippen LogP contribution in [0.5, 0.6) is 5.75 Å². The number of carbonyl (C=O) groups is 2. The Labute approximate surface area is 205 Å². The molecule has 0 bridgehead atoms. The van der Waals surface area contributed by atoms with Crippen molar-refractivity contribution < 1.29 is 24.2 Å². The molecule has 6 nitrogen and oxygen atoms in total. The second kappa shape index (κ2) is 11.4. The molecule has 1 heterocycles. The molecule has 1 N–H and O–H groups in total. The first kappa shape index (κ1) is 24.9. The molecule has 3 rings (SSSR count). The Balaban J connectivity index is 1.78. The molecule has 2 aromatic rings. The van der Waals surface area contributed by atoms with Crippen molar-refractivity contribution in [2.24, 2.45) is 4.99 Å². The monoisotopic (exact) mass is 505 g/mol. The molecule has 0 unspecified atom stereocenters. The van der Waals surface area contributed by atoms with Crippen molar-refractivity contribution >= 4 is 58.0 Å². The van der Waals surface area contributed by atoms with Crippen molar-refractivity contribution in [3.8, 4) is 5.75 Å². The Morgan fingerprint density at radius 3 is 2.48 bits per heavy atom. The molecule has 1 aliphatic heterocycles. The number of rotatable bonds is 7. The van der Waals surface area contributed by atoms with E-state index < -0.39 is 11.9 Å². The van der Waals surface area contributed by atoms with Crippen LogP contribution in [0.4, 0.5) is 0 Å². The summed E-state index contributed by atoms with van der Waals surface area (Å²) >= 11 is 13.1. The fourth-order valence-electron chi connectivity index (χ4n) is 2.80. The standard InChI is InChI=1S/C24H21Cl2NO5S/c1-3-20(28)27-23-21(24(30)31-4-2)22(29)19(33-23)11-14-5-9-17(10-6-14)32-13-15-7-8-16(25)12-18(15)26/h5-12,29H,3-4,13H2,1-2H3/b19-11-,27-23?. The van der Waals surface area contributed by atoms with E-state index in [4.69, 9.17) is 32.7 Å². The smallest absolute Gasteiger partial charge is 0.344 e. The first-order valence-corrected chi connectivity index (χ1v) is 11.7. The van der Waals surface area contributed by atoms with Gasteiger partial charge in [0, 0.05) is 22.0 Å². The fourth-order valence-corrected chi connectivity index (χ4v) is 4.29. The van der Waals surface area contributed by atoms with Crippen LogP contribution in [-0.4, -0.2) is 28.6 Å². The lowest BCUT2D eigenvalue weighted by atomic mass is 10.1. The Morgan fingerprint density at radius 2 is 1.85 bits per heavy atom. The van der Waals surface area contributed by atoms with Gasteiger partial charge in [0.2, 0.25) is 5.91 Å². The lowest BCUT2D eigenvalue weighted by Crippen LogP contribution is -2.14. The van der Waals surface area contributed by atoms with Gasteiger partial charge in [-0.25, -0.2) is 9.79 Å². The second-order valence-electron chi connectivity index (χ2n) is 6.81. The van der Waals surface area contributed by atoms with Gasteiger partial charge in [0.15, 0.2) is 0 Å². The maximum Gasteiger partial charge on any atom is 0.344 e. The number of esters is 1. The molecule has 172 valence electrons. The van der Waals surface area contributed by atoms with Crippen LogP contribution in [0.15, 0.2) is 63.7 Å². The maximum atomic E-state index is 12.3. The van der Waals surface area contributed by atoms with Crippen LogP contribution in [0.1, 0.15) is 31.4 Å². The summed E-state index contributed by atoms with van der Waals surface area (Å²) in [6, 6.07) is 12.4. The molecule has 2 aromatic carbocycles. The summed E-state index contributed by atoms with van der Waals surface area (Å²) in [5.41, 5.74) is 1.46. The van der Waals surface area contributed by atoms with Crippen molar-refractivity contribution in [3.63, 3.8) is 0 Å². The Hall–Kier alpha value is -2.74. The van der Waals surface area contributed by atoms with E-state index in [1.165, 1.54) is 0 Å². The minimum Gasteiger partial charge on any atom is -0.506 e. The average molecular weight is 506 g/mol. The number of ether oxygens (including phenoxy) is 2. The highest BCUT2D eigenvalue weighted by Gasteiger charge is 2.33. The first-order valence-electron chi connectivity index (χ1n) is 10.1. The molecule has 0 spiro atoms. The third-order valence-electron chi connectivity index (χ3n) is 4.49. The van der Waals surface area contributed by atoms with Crippen LogP contribution in [0.2, 0.25) is 10.0 Å². The molecule has 0 aliphatic carbocycles. The number of aliphatic hydroxyl groups is 1. The third kappa shape index (κ3) is 6.41. The van der Waals surface area contributed by atoms with Crippen LogP contribution in [0, 0.1) is 0 Å². The number of hydrogen-bond acceptors (Lipinski definition) is 6. The molecule has 1 amide bonds. The van der Waals surface area contributed by atoms with Gasteiger partial charge in [-0.05, 0) is 42.8 Å². The quantitative estimate of drug-likeness (QED) is 0.440. The van der Waals surface area contributed by atoms with Gasteiger partial charge in [-0.3, -0.25) is 4.79 Å². The summed E-state index contributed by atoms with van der Waals surface area (Å²) in [6.45, 7) is 3.74. The van der Waals surface area contributed by atoms with Crippen LogP contribution >= 0.6 is 35.0 Å². The highest BCUT2D eigenvalue weighted by Crippen LogP contribution is 2.39. The Morgan fingerprint density at radius 1 is 1.12 bits per heavy atom. The SMILES string of the molecule is CCOC(=O)C1=C(O)/C(=C/c2ccc(OCc3ccc(Cl)cc3Cl)cc2)SC1=NC(=O)CC. The van der Waals surface area contributed by atoms with Gasteiger partial charge >= 0.3 is 5.97 Å². The Kier molecular flexibility index (Phi) is 8.61. The Bertz CT molecular complexity index is 1160. The normalized spacial score (nSPS) is 15.9. The van der Waals surface area contributed by atoms with Crippen molar-refractivity contribution in [1.29, 1.82) is 0 Å². The lowest BCUT2D eigenvalue weighted by molar-refractivity contribution is -0.138. The van der Waals surface area contributed by atoms with Crippen LogP contribution in [-0.2, 0) is 20.9 Å². The summed E-state index contributed by atoms with van der Waals surface area (Å²) < 4.78 is 10.8. The van der Waals surface area contributed by atoms with E-state index >= 15 is 0 Å². The molecule has 0 radical (unpaired) electrons. The zero-order valence-corrected chi connectivity index (χ0v) is 20.3. The summed E-state index contributed by atoms with van der Waals surface area (Å²) in [7, 11) is 0. The van der Waals surface area contributed by atoms with Crippen molar-refractivity contribution in [2.75, 3.05) is 6.61 Å². The van der Waals surface area contributed by atoms with Gasteiger partial charge in [-0.1, -0.05) is 60.1 Å². The predicted octanol–water partition coefficient (Wildman–Crippen LogP) is 6.37. The zero-order chi connectivity index (χ0) is 24.0. The van der Waals surface area contributed by atoms with E-state index in [0.717, 1.165) is 22.9 Å². The van der Waals surface area contributed by atoms with Crippen molar-refractivity contribution in [1.82, 2.24) is 0 Å². The minimum atomic E-state index is -0.724. The van der Waals surface area contributed by atoms with Gasteiger partial charge in [0.1, 0.15) is 28.7 Å². The molecule has 0 aromatic heterocycles. The minimum absolute atomic E-state index is 0.102. The van der Waals surface area contributed by atoms with E-state index in [1.54, 1.807) is 62.4 Å². The fraction of sp³-hybridized carbons (Fsp3) is 0.208. The molecule has 0 fully saturated rings. The largest absolute Gasteiger partial charge is 0.506 e. The summed E-state index contributed by atoms with van der Waals surface area (Å²) in [6.07, 6.45) is 1.88. The molecule has 33 heavy (non-hydrogen) atoms. The second-order valence-corrected chi connectivity index (χ2v) is 8.69. The molecule has 9 heteroatoms. The molecular formula is C24H21Cl2NO5S. The number of aliphatic imine (C=N–C) groups is 1. The first-order chi connectivity index (χ1) is 15.8. The highest BCUT2D eigenvalue weighted by molar-refractivity contribution is 8.18. The molecule has 1 aliphatic rings. The third-order valence-corrected chi connectivity index (χ3v) is 6.09. The van der Waals surface area contributed by atoms with Crippen molar-refractivity contribution in [3.05, 3.63) is 79.9 Å². The number of aliphatic hydroxyl groups excluding tert-OH is 1. The van der Waals surface area contributed by atoms with Gasteiger partial charge in [-0.2, -0.15) is 0 Å². The molecular weight excluding hydrogens is 485 g/mol. The number of thioether (sulfide) groups is 1. The predicted molar refractivity (Wildman–Crippen MR) is 132 cm³/mol. The number of nitrogens with zero attached hydrogens (tertiary/aromatic N) is 1. The zero-order valence-electron chi connectivity index (χ0n) is 17.9. The number of halogens is 2. The number of benzene rings is 2. The van der Waals surface area contributed by atoms with E-state index in [-0.39, 0.29) is 36.0 Å². The van der Waals surface area contributed by atoms with Gasteiger partial charge in [0.25, 0.3) is 0 Å². The van der Waals surface area contributed by atoms with Crippen LogP contribution in [0.3, 0.4) is 0 Å². The number of hydrogen-bond donors (Lipinski definition) is 1. The lowest BCUT2D eigenvalue weighted by Gasteiger charge is -2.08. The average Bonchev–Trinajstić information content (AvgIpc) is 3.08. The summed E-state index contributed by atoms with van der Waals surface area (Å²) in [5, 5.41) is 11.8. The van der Waals surface area contributed by atoms with Gasteiger partial charge in [-0.15, -0.1) is 0 Å². The molecule has 0 saturated carbocycles. The van der Waals surface area contributed by atoms with E-state index in [2.05, 4.69) is 4.99 Å². The highest BCUT2D eigenvalue weighted by atomic mass is 35.5. The van der Waals surface area contributed by atoms with E-state index in [9.17, 15) is 14.7 Å². The summed E-state index contributed by atoms with van der Waals surface area (Å²) in [4.78, 5) is 28.4. The maximum absolute atomic E-state index is 12.3. The van der Waals surface area contributed by atoms with Crippen molar-refractivity contribution in [2.45, 2.75) is 26.9 Å².